The van der Waals surface area contributed by atoms with Crippen molar-refractivity contribution in [3.8, 4) is 0 Å². The van der Waals surface area contributed by atoms with Crippen LogP contribution < -0.4 is 5.73 Å². The minimum absolute atomic E-state index is 0. The summed E-state index contributed by atoms with van der Waals surface area (Å²) >= 11 is 0. The van der Waals surface area contributed by atoms with Gasteiger partial charge in [-0.1, -0.05) is 18.2 Å². The molecular formula is C17H24Cl2N4O. The monoisotopic (exact) mass is 370 g/mol. The molecule has 1 fully saturated rings. The van der Waals surface area contributed by atoms with Gasteiger partial charge in [-0.05, 0) is 30.0 Å². The van der Waals surface area contributed by atoms with Crippen molar-refractivity contribution in [3.05, 3.63) is 47.8 Å². The van der Waals surface area contributed by atoms with Gasteiger partial charge in [0.25, 0.3) is 0 Å². The van der Waals surface area contributed by atoms with Gasteiger partial charge >= 0.3 is 0 Å². The maximum Gasteiger partial charge on any atom is 0.222 e. The number of hydrogen-bond donors (Lipinski definition) is 1. The summed E-state index contributed by atoms with van der Waals surface area (Å²) in [5.74, 6) is 0.633. The number of hydrogen-bond acceptors (Lipinski definition) is 3. The smallest absolute Gasteiger partial charge is 0.222 e. The van der Waals surface area contributed by atoms with E-state index in [9.17, 15) is 4.79 Å². The number of aromatic nitrogens is 2. The van der Waals surface area contributed by atoms with Gasteiger partial charge in [-0.2, -0.15) is 5.10 Å². The molecule has 1 aromatic heterocycles. The number of nitrogens with two attached hydrogens (primary N) is 1. The van der Waals surface area contributed by atoms with Crippen LogP contribution in [-0.2, 0) is 18.3 Å². The standard InChI is InChI=1S/C17H22N4O.2ClH/c1-20-11-15(10-19-20)14-8-9-21(12-14)17(22)7-6-13-4-2-3-5-16(13)18;;/h2-5,10-11,14H,6-9,12,18H2,1H3;2*1H. The number of nitrogen functional groups attached to an aromatic ring is 1. The molecule has 0 aliphatic carbocycles. The molecule has 2 aromatic rings. The number of anilines is 1. The lowest BCUT2D eigenvalue weighted by Crippen LogP contribution is -2.28. The van der Waals surface area contributed by atoms with E-state index >= 15 is 0 Å². The molecular weight excluding hydrogens is 347 g/mol. The van der Waals surface area contributed by atoms with Crippen LogP contribution in [0.4, 0.5) is 5.69 Å². The molecule has 0 bridgehead atoms. The van der Waals surface area contributed by atoms with Crippen LogP contribution >= 0.6 is 24.8 Å². The Bertz CT molecular complexity index is 674. The first-order valence-corrected chi connectivity index (χ1v) is 7.73. The number of amides is 1. The number of para-hydroxylation sites is 1. The van der Waals surface area contributed by atoms with Gasteiger partial charge < -0.3 is 10.6 Å². The highest BCUT2D eigenvalue weighted by atomic mass is 35.5. The molecule has 1 aromatic carbocycles. The topological polar surface area (TPSA) is 64.2 Å². The normalized spacial score (nSPS) is 16.4. The van der Waals surface area contributed by atoms with Gasteiger partial charge in [-0.3, -0.25) is 9.48 Å². The lowest BCUT2D eigenvalue weighted by atomic mass is 10.0. The van der Waals surface area contributed by atoms with Crippen LogP contribution in [0.1, 0.15) is 29.9 Å². The van der Waals surface area contributed by atoms with E-state index in [0.29, 0.717) is 18.8 Å². The van der Waals surface area contributed by atoms with E-state index < -0.39 is 0 Å². The molecule has 2 N–H and O–H groups in total. The van der Waals surface area contributed by atoms with Crippen LogP contribution in [0.3, 0.4) is 0 Å². The van der Waals surface area contributed by atoms with Crippen molar-refractivity contribution in [2.24, 2.45) is 7.05 Å². The molecule has 5 nitrogen and oxygen atoms in total. The Morgan fingerprint density at radius 3 is 2.75 bits per heavy atom. The lowest BCUT2D eigenvalue weighted by molar-refractivity contribution is -0.130. The van der Waals surface area contributed by atoms with Crippen molar-refractivity contribution in [1.29, 1.82) is 0 Å². The van der Waals surface area contributed by atoms with Crippen LogP contribution in [0.2, 0.25) is 0 Å². The van der Waals surface area contributed by atoms with Crippen molar-refractivity contribution in [2.45, 2.75) is 25.2 Å². The van der Waals surface area contributed by atoms with E-state index in [0.717, 1.165) is 30.8 Å². The van der Waals surface area contributed by atoms with E-state index in [1.165, 1.54) is 5.56 Å². The van der Waals surface area contributed by atoms with Gasteiger partial charge in [-0.15, -0.1) is 24.8 Å². The first kappa shape index (κ1) is 20.3. The summed E-state index contributed by atoms with van der Waals surface area (Å²) in [6, 6.07) is 7.75. The fourth-order valence-corrected chi connectivity index (χ4v) is 3.07. The number of carbonyl (C=O) groups is 1. The fourth-order valence-electron chi connectivity index (χ4n) is 3.07. The molecule has 24 heavy (non-hydrogen) atoms. The predicted octanol–water partition coefficient (Wildman–Crippen LogP) is 2.79. The minimum atomic E-state index is 0. The summed E-state index contributed by atoms with van der Waals surface area (Å²) in [6.07, 6.45) is 6.20. The Hall–Kier alpha value is -1.72. The van der Waals surface area contributed by atoms with Crippen LogP contribution in [0, 0.1) is 0 Å². The van der Waals surface area contributed by atoms with Crippen LogP contribution in [0.25, 0.3) is 0 Å². The molecule has 3 rings (SSSR count). The molecule has 0 radical (unpaired) electrons. The van der Waals surface area contributed by atoms with Crippen molar-refractivity contribution in [1.82, 2.24) is 14.7 Å². The molecule has 2 heterocycles. The van der Waals surface area contributed by atoms with Crippen LogP contribution in [-0.4, -0.2) is 33.7 Å². The third-order valence-corrected chi connectivity index (χ3v) is 4.40. The van der Waals surface area contributed by atoms with Crippen molar-refractivity contribution in [2.75, 3.05) is 18.8 Å². The Morgan fingerprint density at radius 1 is 1.33 bits per heavy atom. The largest absolute Gasteiger partial charge is 0.399 e. The maximum absolute atomic E-state index is 12.4. The molecule has 1 atom stereocenters. The summed E-state index contributed by atoms with van der Waals surface area (Å²) in [4.78, 5) is 14.3. The molecule has 0 saturated carbocycles. The van der Waals surface area contributed by atoms with Crippen LogP contribution in [0.5, 0.6) is 0 Å². The molecule has 1 saturated heterocycles. The zero-order chi connectivity index (χ0) is 15.5. The number of aryl methyl sites for hydroxylation is 2. The number of nitrogens with zero attached hydrogens (tertiary/aromatic N) is 3. The van der Waals surface area contributed by atoms with Crippen molar-refractivity contribution < 1.29 is 4.79 Å². The van der Waals surface area contributed by atoms with E-state index in [1.807, 2.05) is 53.3 Å². The third kappa shape index (κ3) is 4.65. The number of rotatable bonds is 4. The molecule has 132 valence electrons. The third-order valence-electron chi connectivity index (χ3n) is 4.40. The van der Waals surface area contributed by atoms with Gasteiger partial charge in [0, 0.05) is 44.4 Å². The number of halogens is 2. The molecule has 1 amide bonds. The summed E-state index contributed by atoms with van der Waals surface area (Å²) in [7, 11) is 1.92. The summed E-state index contributed by atoms with van der Waals surface area (Å²) < 4.78 is 1.82. The van der Waals surface area contributed by atoms with E-state index in [1.54, 1.807) is 0 Å². The molecule has 1 aliphatic rings. The van der Waals surface area contributed by atoms with Gasteiger partial charge in [0.1, 0.15) is 0 Å². The zero-order valence-corrected chi connectivity index (χ0v) is 15.4. The van der Waals surface area contributed by atoms with Crippen molar-refractivity contribution >= 4 is 36.4 Å². The second-order valence-electron chi connectivity index (χ2n) is 5.97. The van der Waals surface area contributed by atoms with E-state index in [-0.39, 0.29) is 30.7 Å². The number of likely N-dealkylation sites (tertiary alicyclic amines) is 1. The quantitative estimate of drug-likeness (QED) is 0.841. The first-order chi connectivity index (χ1) is 10.6. The predicted molar refractivity (Wildman–Crippen MR) is 101 cm³/mol. The van der Waals surface area contributed by atoms with E-state index in [4.69, 9.17) is 5.73 Å². The average Bonchev–Trinajstić information content (AvgIpc) is 3.15. The Kier molecular flexibility index (Phi) is 7.58. The highest BCUT2D eigenvalue weighted by Crippen LogP contribution is 2.27. The fraction of sp³-hybridized carbons (Fsp3) is 0.412. The van der Waals surface area contributed by atoms with Gasteiger partial charge in [0.15, 0.2) is 0 Å². The second-order valence-corrected chi connectivity index (χ2v) is 5.97. The number of benzene rings is 1. The highest BCUT2D eigenvalue weighted by molar-refractivity contribution is 5.85. The average molecular weight is 371 g/mol. The molecule has 1 aliphatic heterocycles. The lowest BCUT2D eigenvalue weighted by Gasteiger charge is -2.16. The number of carbonyl (C=O) groups excluding carboxylic acids is 1. The van der Waals surface area contributed by atoms with Crippen molar-refractivity contribution in [3.63, 3.8) is 0 Å². The summed E-state index contributed by atoms with van der Waals surface area (Å²) in [5, 5.41) is 4.22. The molecule has 0 spiro atoms. The SMILES string of the molecule is Cl.Cl.Cn1cc(C2CCN(C(=O)CCc3ccccc3N)C2)cn1. The van der Waals surface area contributed by atoms with Gasteiger partial charge in [0.2, 0.25) is 5.91 Å². The first-order valence-electron chi connectivity index (χ1n) is 7.73. The van der Waals surface area contributed by atoms with Gasteiger partial charge in [-0.25, -0.2) is 0 Å². The summed E-state index contributed by atoms with van der Waals surface area (Å²) in [6.45, 7) is 1.64. The zero-order valence-electron chi connectivity index (χ0n) is 13.7. The second kappa shape index (κ2) is 8.94. The Morgan fingerprint density at radius 2 is 2.08 bits per heavy atom. The minimum Gasteiger partial charge on any atom is -0.399 e. The van der Waals surface area contributed by atoms with E-state index in [2.05, 4.69) is 5.10 Å². The highest BCUT2D eigenvalue weighted by Gasteiger charge is 2.27. The Balaban J connectivity index is 0.00000144. The Labute approximate surface area is 155 Å². The van der Waals surface area contributed by atoms with Gasteiger partial charge in [0.05, 0.1) is 6.20 Å². The summed E-state index contributed by atoms with van der Waals surface area (Å²) in [5.41, 5.74) is 8.98. The maximum atomic E-state index is 12.4. The van der Waals surface area contributed by atoms with Crippen LogP contribution in [0.15, 0.2) is 36.7 Å². The molecule has 7 heteroatoms. The molecule has 1 unspecified atom stereocenters.